The van der Waals surface area contributed by atoms with Crippen molar-refractivity contribution in [1.82, 2.24) is 9.55 Å². The summed E-state index contributed by atoms with van der Waals surface area (Å²) in [5.41, 5.74) is 1.24. The van der Waals surface area contributed by atoms with E-state index in [1.54, 1.807) is 12.1 Å². The molecule has 22 heavy (non-hydrogen) atoms. The number of fused-ring (bicyclic) bond motifs is 3. The van der Waals surface area contributed by atoms with Crippen LogP contribution in [0.15, 0.2) is 41.4 Å². The van der Waals surface area contributed by atoms with Gasteiger partial charge < -0.3 is 5.32 Å². The summed E-state index contributed by atoms with van der Waals surface area (Å²) >= 11 is 7.09. The first-order chi connectivity index (χ1) is 10.7. The molecule has 0 aliphatic carbocycles. The first-order valence-electron chi connectivity index (χ1n) is 6.80. The van der Waals surface area contributed by atoms with Gasteiger partial charge in [-0.05, 0) is 24.3 Å². The molecule has 0 radical (unpaired) electrons. The third-order valence-corrected chi connectivity index (χ3v) is 4.72. The Hall–Kier alpha value is -2.18. The highest BCUT2D eigenvalue weighted by Crippen LogP contribution is 2.23. The average molecular weight is 331 g/mol. The van der Waals surface area contributed by atoms with Gasteiger partial charge in [0.15, 0.2) is 0 Å². The zero-order chi connectivity index (χ0) is 15.1. The molecule has 0 fully saturated rings. The summed E-state index contributed by atoms with van der Waals surface area (Å²) in [4.78, 5) is 21.5. The number of nitrogens with zero attached hydrogens (tertiary/aromatic N) is 3. The molecule has 0 saturated heterocycles. The van der Waals surface area contributed by atoms with Gasteiger partial charge in [0.05, 0.1) is 14.7 Å². The number of thiophene rings is 1. The molecule has 0 unspecified atom stereocenters. The number of amides is 1. The number of anilines is 1. The predicted octanol–water partition coefficient (Wildman–Crippen LogP) is 2.92. The van der Waals surface area contributed by atoms with E-state index in [1.165, 1.54) is 11.3 Å². The van der Waals surface area contributed by atoms with E-state index in [-0.39, 0.29) is 5.91 Å². The number of aromatic nitrogens is 2. The number of para-hydroxylation sites is 1. The minimum atomic E-state index is -0.318. The molecular weight excluding hydrogens is 320 g/mol. The van der Waals surface area contributed by atoms with E-state index in [1.807, 2.05) is 28.8 Å². The van der Waals surface area contributed by atoms with Crippen molar-refractivity contribution >= 4 is 45.6 Å². The molecule has 1 aliphatic rings. The Labute approximate surface area is 134 Å². The molecule has 110 valence electrons. The largest absolute Gasteiger partial charge is 0.369 e. The monoisotopic (exact) mass is 330 g/mol. The van der Waals surface area contributed by atoms with Crippen molar-refractivity contribution in [2.45, 2.75) is 6.54 Å². The Morgan fingerprint density at radius 1 is 1.32 bits per heavy atom. The Morgan fingerprint density at radius 2 is 2.18 bits per heavy atom. The number of benzene rings is 1. The minimum absolute atomic E-state index is 0.318. The van der Waals surface area contributed by atoms with Gasteiger partial charge in [-0.1, -0.05) is 23.7 Å². The fourth-order valence-corrected chi connectivity index (χ4v) is 3.46. The molecule has 0 spiro atoms. The van der Waals surface area contributed by atoms with Crippen LogP contribution in [0.1, 0.15) is 9.67 Å². The van der Waals surface area contributed by atoms with Crippen LogP contribution in [-0.4, -0.2) is 22.0 Å². The van der Waals surface area contributed by atoms with Gasteiger partial charge >= 0.3 is 0 Å². The van der Waals surface area contributed by atoms with Crippen molar-refractivity contribution in [3.05, 3.63) is 51.2 Å². The third-order valence-electron chi connectivity index (χ3n) is 3.50. The van der Waals surface area contributed by atoms with E-state index in [0.29, 0.717) is 14.8 Å². The summed E-state index contributed by atoms with van der Waals surface area (Å²) in [7, 11) is 0. The molecule has 1 aliphatic heterocycles. The van der Waals surface area contributed by atoms with Crippen LogP contribution in [0.2, 0.25) is 4.34 Å². The maximum atomic E-state index is 12.3. The van der Waals surface area contributed by atoms with Gasteiger partial charge in [-0.25, -0.2) is 4.98 Å². The van der Waals surface area contributed by atoms with Crippen LogP contribution in [0.25, 0.3) is 10.9 Å². The van der Waals surface area contributed by atoms with Gasteiger partial charge in [0, 0.05) is 18.5 Å². The van der Waals surface area contributed by atoms with Crippen molar-refractivity contribution in [3.8, 4) is 0 Å². The SMILES string of the molecule is O=C(N=c1nc2ccccc2c2n1CCN2)c1ccc(Cl)s1. The summed E-state index contributed by atoms with van der Waals surface area (Å²) < 4.78 is 2.51. The second-order valence-electron chi connectivity index (χ2n) is 4.88. The van der Waals surface area contributed by atoms with Crippen LogP contribution < -0.4 is 10.9 Å². The lowest BCUT2D eigenvalue weighted by molar-refractivity contribution is 0.100. The number of carbonyl (C=O) groups is 1. The topological polar surface area (TPSA) is 59.3 Å². The first-order valence-corrected chi connectivity index (χ1v) is 8.00. The van der Waals surface area contributed by atoms with E-state index in [0.717, 1.165) is 29.8 Å². The fraction of sp³-hybridized carbons (Fsp3) is 0.133. The molecule has 4 rings (SSSR count). The predicted molar refractivity (Wildman–Crippen MR) is 87.4 cm³/mol. The highest BCUT2D eigenvalue weighted by molar-refractivity contribution is 7.18. The number of rotatable bonds is 1. The number of hydrogen-bond acceptors (Lipinski definition) is 4. The van der Waals surface area contributed by atoms with Gasteiger partial charge in [0.25, 0.3) is 5.91 Å². The van der Waals surface area contributed by atoms with Crippen LogP contribution in [0.4, 0.5) is 5.82 Å². The van der Waals surface area contributed by atoms with E-state index in [9.17, 15) is 4.79 Å². The number of halogens is 1. The zero-order valence-corrected chi connectivity index (χ0v) is 13.0. The van der Waals surface area contributed by atoms with Crippen molar-refractivity contribution < 1.29 is 4.79 Å². The second-order valence-corrected chi connectivity index (χ2v) is 6.59. The standard InChI is InChI=1S/C15H11ClN4OS/c16-12-6-5-11(22-12)14(21)19-15-18-10-4-2-1-3-9(10)13-17-7-8-20(13)15/h1-6,17H,7-8H2. The molecule has 1 N–H and O–H groups in total. The van der Waals surface area contributed by atoms with E-state index < -0.39 is 0 Å². The number of nitrogens with one attached hydrogen (secondary N) is 1. The van der Waals surface area contributed by atoms with Crippen molar-refractivity contribution in [2.24, 2.45) is 4.99 Å². The van der Waals surface area contributed by atoms with Crippen LogP contribution in [-0.2, 0) is 6.54 Å². The molecule has 0 bridgehead atoms. The molecular formula is C15H11ClN4OS. The van der Waals surface area contributed by atoms with E-state index >= 15 is 0 Å². The molecule has 0 saturated carbocycles. The third kappa shape index (κ3) is 2.20. The van der Waals surface area contributed by atoms with Gasteiger partial charge in [-0.3, -0.25) is 9.36 Å². The van der Waals surface area contributed by atoms with Crippen LogP contribution in [0, 0.1) is 0 Å². The highest BCUT2D eigenvalue weighted by Gasteiger charge is 2.16. The van der Waals surface area contributed by atoms with Crippen molar-refractivity contribution in [2.75, 3.05) is 11.9 Å². The molecule has 2 aromatic heterocycles. The summed E-state index contributed by atoms with van der Waals surface area (Å²) in [6, 6.07) is 11.2. The first kappa shape index (κ1) is 13.5. The van der Waals surface area contributed by atoms with E-state index in [4.69, 9.17) is 11.6 Å². The lowest BCUT2D eigenvalue weighted by atomic mass is 10.2. The van der Waals surface area contributed by atoms with Crippen LogP contribution in [0.3, 0.4) is 0 Å². The van der Waals surface area contributed by atoms with E-state index in [2.05, 4.69) is 15.3 Å². The van der Waals surface area contributed by atoms with Crippen LogP contribution in [0.5, 0.6) is 0 Å². The van der Waals surface area contributed by atoms with Gasteiger partial charge in [-0.15, -0.1) is 11.3 Å². The summed E-state index contributed by atoms with van der Waals surface area (Å²) in [5, 5.41) is 4.37. The maximum Gasteiger partial charge on any atom is 0.290 e. The lowest BCUT2D eigenvalue weighted by Gasteiger charge is -2.07. The quantitative estimate of drug-likeness (QED) is 0.746. The van der Waals surface area contributed by atoms with Gasteiger partial charge in [0.2, 0.25) is 5.62 Å². The molecule has 5 nitrogen and oxygen atoms in total. The van der Waals surface area contributed by atoms with Gasteiger partial charge in [0.1, 0.15) is 5.82 Å². The molecule has 0 atom stereocenters. The molecule has 1 aromatic carbocycles. The Balaban J connectivity index is 1.92. The van der Waals surface area contributed by atoms with Crippen LogP contribution >= 0.6 is 22.9 Å². The molecule has 7 heteroatoms. The van der Waals surface area contributed by atoms with Gasteiger partial charge in [-0.2, -0.15) is 4.99 Å². The Kier molecular flexibility index (Phi) is 3.20. The second kappa shape index (κ2) is 5.23. The summed E-state index contributed by atoms with van der Waals surface area (Å²) in [6.45, 7) is 1.54. The number of carbonyl (C=O) groups excluding carboxylic acids is 1. The Bertz CT molecular complexity index is 960. The summed E-state index contributed by atoms with van der Waals surface area (Å²) in [6.07, 6.45) is 0. The van der Waals surface area contributed by atoms with Crippen molar-refractivity contribution in [3.63, 3.8) is 0 Å². The zero-order valence-electron chi connectivity index (χ0n) is 11.4. The normalized spacial score (nSPS) is 14.1. The fourth-order valence-electron chi connectivity index (χ4n) is 2.53. The summed E-state index contributed by atoms with van der Waals surface area (Å²) in [5.74, 6) is 0.641. The highest BCUT2D eigenvalue weighted by atomic mass is 35.5. The molecule has 3 aromatic rings. The lowest BCUT2D eigenvalue weighted by Crippen LogP contribution is -2.24. The smallest absolute Gasteiger partial charge is 0.290 e. The molecule has 1 amide bonds. The molecule has 3 heterocycles. The maximum absolute atomic E-state index is 12.3. The minimum Gasteiger partial charge on any atom is -0.369 e. The van der Waals surface area contributed by atoms with Crippen molar-refractivity contribution in [1.29, 1.82) is 0 Å². The number of hydrogen-bond donors (Lipinski definition) is 1. The Morgan fingerprint density at radius 3 is 3.00 bits per heavy atom. The average Bonchev–Trinajstić information content (AvgIpc) is 3.16.